The van der Waals surface area contributed by atoms with E-state index in [1.54, 1.807) is 0 Å². The van der Waals surface area contributed by atoms with Gasteiger partial charge in [-0.15, -0.1) is 0 Å². The molecule has 1 amide bonds. The first-order valence-corrected chi connectivity index (χ1v) is 9.16. The number of likely N-dealkylation sites (tertiary alicyclic amines) is 1. The number of anilines is 1. The van der Waals surface area contributed by atoms with Gasteiger partial charge in [-0.05, 0) is 50.0 Å². The zero-order chi connectivity index (χ0) is 19.8. The molecule has 0 saturated carbocycles. The summed E-state index contributed by atoms with van der Waals surface area (Å²) in [5, 5.41) is 8.38. The number of carbonyl (C=O) groups is 1. The minimum Gasteiger partial charge on any atom is -0.440 e. The van der Waals surface area contributed by atoms with Gasteiger partial charge in [-0.3, -0.25) is 10.3 Å². The number of amides is 1. The number of amidine groups is 1. The molecule has 2 saturated heterocycles. The maximum atomic E-state index is 13.0. The van der Waals surface area contributed by atoms with Crippen molar-refractivity contribution in [1.82, 2.24) is 4.90 Å². The predicted molar refractivity (Wildman–Crippen MR) is 96.0 cm³/mol. The maximum Gasteiger partial charge on any atom is 0.420 e. The number of hydrogen-bond donors (Lipinski definition) is 1. The van der Waals surface area contributed by atoms with Gasteiger partial charge in [0.2, 0.25) is 0 Å². The average Bonchev–Trinajstić information content (AvgIpc) is 2.57. The van der Waals surface area contributed by atoms with Crippen LogP contribution >= 0.6 is 0 Å². The summed E-state index contributed by atoms with van der Waals surface area (Å²) in [6, 6.07) is 4.43. The van der Waals surface area contributed by atoms with Crippen molar-refractivity contribution in [2.45, 2.75) is 44.9 Å². The van der Waals surface area contributed by atoms with E-state index in [2.05, 4.69) is 11.8 Å². The molecule has 2 heterocycles. The summed E-state index contributed by atoms with van der Waals surface area (Å²) in [7, 11) is 0. The summed E-state index contributed by atoms with van der Waals surface area (Å²) < 4.78 is 44.8. The molecular weight excluding hydrogens is 359 g/mol. The Bertz CT molecular complexity index is 717. The summed E-state index contributed by atoms with van der Waals surface area (Å²) in [5.74, 6) is 0.0503. The highest BCUT2D eigenvalue weighted by molar-refractivity contribution is 6.15. The smallest absolute Gasteiger partial charge is 0.420 e. The second-order valence-electron chi connectivity index (χ2n) is 7.41. The van der Waals surface area contributed by atoms with Crippen LogP contribution in [0.25, 0.3) is 0 Å². The van der Waals surface area contributed by atoms with Gasteiger partial charge < -0.3 is 4.74 Å². The van der Waals surface area contributed by atoms with Crippen molar-refractivity contribution < 1.29 is 22.7 Å². The van der Waals surface area contributed by atoms with E-state index in [-0.39, 0.29) is 23.9 Å². The van der Waals surface area contributed by atoms with E-state index in [1.165, 1.54) is 12.1 Å². The quantitative estimate of drug-likeness (QED) is 0.835. The Morgan fingerprint density at radius 1 is 1.37 bits per heavy atom. The van der Waals surface area contributed by atoms with Crippen LogP contribution in [0.1, 0.15) is 38.7 Å². The van der Waals surface area contributed by atoms with Gasteiger partial charge in [-0.1, -0.05) is 19.9 Å². The Hall–Kier alpha value is -2.09. The number of nitrogens with one attached hydrogen (secondary N) is 1. The van der Waals surface area contributed by atoms with E-state index in [4.69, 9.17) is 10.1 Å². The molecule has 2 unspecified atom stereocenters. The fraction of sp³-hybridized carbons (Fsp3) is 0.579. The summed E-state index contributed by atoms with van der Waals surface area (Å²) >= 11 is 0. The van der Waals surface area contributed by atoms with Gasteiger partial charge in [-0.25, -0.2) is 9.69 Å². The molecule has 2 aliphatic heterocycles. The third kappa shape index (κ3) is 3.81. The maximum absolute atomic E-state index is 13.0. The van der Waals surface area contributed by atoms with Crippen LogP contribution in [-0.2, 0) is 10.9 Å². The number of ether oxygens (including phenoxy) is 1. The lowest BCUT2D eigenvalue weighted by Crippen LogP contribution is -2.62. The number of halogens is 3. The average molecular weight is 383 g/mol. The second-order valence-corrected chi connectivity index (χ2v) is 7.41. The third-order valence-electron chi connectivity index (χ3n) is 5.45. The topological polar surface area (TPSA) is 56.6 Å². The molecule has 2 fully saturated rings. The number of carbonyl (C=O) groups excluding carboxylic acids is 1. The lowest BCUT2D eigenvalue weighted by molar-refractivity contribution is -0.137. The summed E-state index contributed by atoms with van der Waals surface area (Å²) in [6.45, 7) is 6.43. The van der Waals surface area contributed by atoms with E-state index >= 15 is 0 Å². The number of piperidine rings is 1. The largest absolute Gasteiger partial charge is 0.440 e. The predicted octanol–water partition coefficient (Wildman–Crippen LogP) is 4.52. The van der Waals surface area contributed by atoms with Crippen LogP contribution in [0, 0.1) is 11.3 Å². The molecule has 0 bridgehead atoms. The van der Waals surface area contributed by atoms with E-state index in [1.807, 2.05) is 6.92 Å². The monoisotopic (exact) mass is 383 g/mol. The van der Waals surface area contributed by atoms with Crippen LogP contribution < -0.4 is 4.90 Å². The number of alkyl halides is 3. The fourth-order valence-corrected chi connectivity index (χ4v) is 3.93. The molecule has 27 heavy (non-hydrogen) atoms. The van der Waals surface area contributed by atoms with Gasteiger partial charge in [0.25, 0.3) is 0 Å². The first-order valence-electron chi connectivity index (χ1n) is 9.16. The van der Waals surface area contributed by atoms with Gasteiger partial charge in [0.1, 0.15) is 11.4 Å². The van der Waals surface area contributed by atoms with Crippen LogP contribution in [0.2, 0.25) is 0 Å². The lowest BCUT2D eigenvalue weighted by Gasteiger charge is -2.50. The van der Waals surface area contributed by atoms with Crippen molar-refractivity contribution in [3.63, 3.8) is 0 Å². The van der Waals surface area contributed by atoms with Crippen LogP contribution in [0.15, 0.2) is 24.3 Å². The van der Waals surface area contributed by atoms with Gasteiger partial charge in [-0.2, -0.15) is 13.2 Å². The van der Waals surface area contributed by atoms with Crippen molar-refractivity contribution in [1.29, 1.82) is 5.41 Å². The lowest BCUT2D eigenvalue weighted by atomic mass is 9.78. The highest BCUT2D eigenvalue weighted by Gasteiger charge is 2.50. The minimum absolute atomic E-state index is 0.00329. The molecule has 3 rings (SSSR count). The standard InChI is InChI=1S/C19H24F3N3O2/c1-3-8-24-9-7-13(2)18(12-24)11-16(23)25(17(26)27-18)15-6-4-5-14(10-15)19(20,21)22/h4-6,10,13,23H,3,7-9,11-12H2,1-2H3. The van der Waals surface area contributed by atoms with E-state index in [0.29, 0.717) is 6.54 Å². The zero-order valence-electron chi connectivity index (χ0n) is 15.5. The van der Waals surface area contributed by atoms with Gasteiger partial charge in [0.15, 0.2) is 0 Å². The van der Waals surface area contributed by atoms with Crippen molar-refractivity contribution >= 4 is 17.6 Å². The number of rotatable bonds is 3. The van der Waals surface area contributed by atoms with Crippen LogP contribution in [0.5, 0.6) is 0 Å². The summed E-state index contributed by atoms with van der Waals surface area (Å²) in [4.78, 5) is 15.9. The molecule has 0 radical (unpaired) electrons. The molecule has 1 spiro atoms. The highest BCUT2D eigenvalue weighted by atomic mass is 19.4. The van der Waals surface area contributed by atoms with Gasteiger partial charge >= 0.3 is 12.3 Å². The van der Waals surface area contributed by atoms with Crippen molar-refractivity contribution in [2.75, 3.05) is 24.5 Å². The molecule has 2 aliphatic rings. The second kappa shape index (κ2) is 7.14. The SMILES string of the molecule is CCCN1CCC(C)C2(CC(=N)N(c3cccc(C(F)(F)F)c3)C(=O)O2)C1. The van der Waals surface area contributed by atoms with E-state index < -0.39 is 23.4 Å². The Balaban J connectivity index is 1.86. The normalized spacial score (nSPS) is 27.1. The molecule has 0 aliphatic carbocycles. The Morgan fingerprint density at radius 2 is 2.11 bits per heavy atom. The Morgan fingerprint density at radius 3 is 2.74 bits per heavy atom. The third-order valence-corrected chi connectivity index (χ3v) is 5.45. The minimum atomic E-state index is -4.52. The Labute approximate surface area is 156 Å². The van der Waals surface area contributed by atoms with Crippen molar-refractivity contribution in [2.24, 2.45) is 5.92 Å². The molecule has 1 aromatic carbocycles. The highest BCUT2D eigenvalue weighted by Crippen LogP contribution is 2.40. The summed E-state index contributed by atoms with van der Waals surface area (Å²) in [6.07, 6.45) is -3.28. The molecule has 5 nitrogen and oxygen atoms in total. The molecule has 2 atom stereocenters. The van der Waals surface area contributed by atoms with Crippen molar-refractivity contribution in [3.8, 4) is 0 Å². The van der Waals surface area contributed by atoms with E-state index in [0.717, 1.165) is 43.0 Å². The molecule has 8 heteroatoms. The molecule has 0 aromatic heterocycles. The molecule has 1 aromatic rings. The summed E-state index contributed by atoms with van der Waals surface area (Å²) in [5.41, 5.74) is -1.65. The van der Waals surface area contributed by atoms with Crippen LogP contribution in [0.4, 0.5) is 23.7 Å². The first kappa shape index (κ1) is 19.7. The number of benzene rings is 1. The fourth-order valence-electron chi connectivity index (χ4n) is 3.93. The number of hydrogen-bond acceptors (Lipinski definition) is 4. The molecular formula is C19H24F3N3O2. The zero-order valence-corrected chi connectivity index (χ0v) is 15.5. The van der Waals surface area contributed by atoms with E-state index in [9.17, 15) is 18.0 Å². The molecule has 148 valence electrons. The number of nitrogens with zero attached hydrogens (tertiary/aromatic N) is 2. The van der Waals surface area contributed by atoms with Gasteiger partial charge in [0.05, 0.1) is 11.3 Å². The molecule has 1 N–H and O–H groups in total. The van der Waals surface area contributed by atoms with Gasteiger partial charge in [0, 0.05) is 13.0 Å². The van der Waals surface area contributed by atoms with Crippen LogP contribution in [-0.4, -0.2) is 42.1 Å². The van der Waals surface area contributed by atoms with Crippen LogP contribution in [0.3, 0.4) is 0 Å². The van der Waals surface area contributed by atoms with Crippen molar-refractivity contribution in [3.05, 3.63) is 29.8 Å². The Kier molecular flexibility index (Phi) is 5.20. The first-order chi connectivity index (χ1) is 12.7.